The van der Waals surface area contributed by atoms with Crippen molar-refractivity contribution in [2.24, 2.45) is 0 Å². The predicted molar refractivity (Wildman–Crippen MR) is 42.9 cm³/mol. The summed E-state index contributed by atoms with van der Waals surface area (Å²) in [7, 11) is 1.28. The van der Waals surface area contributed by atoms with Crippen LogP contribution in [0.3, 0.4) is 0 Å². The van der Waals surface area contributed by atoms with E-state index < -0.39 is 5.97 Å². The molecule has 64 valence electrons. The first kappa shape index (κ1) is 8.93. The fourth-order valence-electron chi connectivity index (χ4n) is 0.660. The second-order valence-electron chi connectivity index (χ2n) is 2.00. The first-order chi connectivity index (χ1) is 5.77. The average Bonchev–Trinajstić information content (AvgIpc) is 2.17. The topological polar surface area (TPSA) is 52.1 Å². The van der Waals surface area contributed by atoms with E-state index in [9.17, 15) is 4.79 Å². The van der Waals surface area contributed by atoms with Gasteiger partial charge in [0.15, 0.2) is 0 Å². The third-order valence-corrected chi connectivity index (χ3v) is 1.49. The highest BCUT2D eigenvalue weighted by Gasteiger charge is 2.08. The number of hydrogen-bond acceptors (Lipinski definition) is 4. The second kappa shape index (κ2) is 4.01. The molecule has 5 heteroatoms. The molecule has 4 nitrogen and oxygen atoms in total. The van der Waals surface area contributed by atoms with E-state index in [0.717, 1.165) is 0 Å². The Morgan fingerprint density at radius 3 is 3.08 bits per heavy atom. The average molecular weight is 187 g/mol. The molecule has 0 fully saturated rings. The summed E-state index contributed by atoms with van der Waals surface area (Å²) >= 11 is 5.50. The summed E-state index contributed by atoms with van der Waals surface area (Å²) in [6, 6.07) is 1.64. The van der Waals surface area contributed by atoms with Crippen LogP contribution in [-0.2, 0) is 10.6 Å². The lowest BCUT2D eigenvalue weighted by Gasteiger charge is -1.97. The summed E-state index contributed by atoms with van der Waals surface area (Å²) < 4.78 is 4.43. The normalized spacial score (nSPS) is 9.50. The lowest BCUT2D eigenvalue weighted by atomic mass is 10.4. The van der Waals surface area contributed by atoms with Crippen LogP contribution in [-0.4, -0.2) is 23.0 Å². The Hall–Kier alpha value is -1.16. The minimum absolute atomic E-state index is 0.0376. The molecular weight excluding hydrogens is 180 g/mol. The summed E-state index contributed by atoms with van der Waals surface area (Å²) in [6.07, 6.45) is 1.47. The van der Waals surface area contributed by atoms with Crippen molar-refractivity contribution >= 4 is 17.6 Å². The van der Waals surface area contributed by atoms with Gasteiger partial charge >= 0.3 is 5.97 Å². The number of carbonyl (C=O) groups excluding carboxylic acids is 1. The SMILES string of the molecule is COC(=O)c1nccc(CCl)n1. The fourth-order valence-corrected chi connectivity index (χ4v) is 0.809. The molecular formula is C7H7ClN2O2. The van der Waals surface area contributed by atoms with Gasteiger partial charge in [-0.15, -0.1) is 11.6 Å². The molecule has 1 aromatic rings. The first-order valence-corrected chi connectivity index (χ1v) is 3.77. The van der Waals surface area contributed by atoms with E-state index in [4.69, 9.17) is 11.6 Å². The highest BCUT2D eigenvalue weighted by atomic mass is 35.5. The van der Waals surface area contributed by atoms with Crippen molar-refractivity contribution in [2.75, 3.05) is 7.11 Å². The number of rotatable bonds is 2. The Balaban J connectivity index is 2.93. The van der Waals surface area contributed by atoms with E-state index in [1.54, 1.807) is 6.07 Å². The van der Waals surface area contributed by atoms with E-state index in [-0.39, 0.29) is 11.7 Å². The van der Waals surface area contributed by atoms with Gasteiger partial charge in [-0.2, -0.15) is 0 Å². The van der Waals surface area contributed by atoms with Crippen LogP contribution < -0.4 is 0 Å². The van der Waals surface area contributed by atoms with Crippen LogP contribution in [0.15, 0.2) is 12.3 Å². The lowest BCUT2D eigenvalue weighted by Crippen LogP contribution is -2.07. The van der Waals surface area contributed by atoms with Crippen LogP contribution in [0.1, 0.15) is 16.3 Å². The van der Waals surface area contributed by atoms with Gasteiger partial charge in [0.05, 0.1) is 18.7 Å². The molecule has 0 aliphatic heterocycles. The third-order valence-electron chi connectivity index (χ3n) is 1.22. The van der Waals surface area contributed by atoms with Gasteiger partial charge in [-0.05, 0) is 6.07 Å². The lowest BCUT2D eigenvalue weighted by molar-refractivity contribution is 0.0586. The van der Waals surface area contributed by atoms with Gasteiger partial charge in [-0.1, -0.05) is 0 Å². The molecule has 1 rings (SSSR count). The third kappa shape index (κ3) is 1.92. The van der Waals surface area contributed by atoms with Crippen LogP contribution in [0.4, 0.5) is 0 Å². The Morgan fingerprint density at radius 1 is 1.75 bits per heavy atom. The van der Waals surface area contributed by atoms with Crippen LogP contribution in [0, 0.1) is 0 Å². The van der Waals surface area contributed by atoms with Crippen molar-refractivity contribution in [1.82, 2.24) is 9.97 Å². The molecule has 0 N–H and O–H groups in total. The van der Waals surface area contributed by atoms with Crippen molar-refractivity contribution in [3.05, 3.63) is 23.8 Å². The van der Waals surface area contributed by atoms with E-state index >= 15 is 0 Å². The number of methoxy groups -OCH3 is 1. The highest BCUT2D eigenvalue weighted by Crippen LogP contribution is 2.00. The Morgan fingerprint density at radius 2 is 2.50 bits per heavy atom. The van der Waals surface area contributed by atoms with Gasteiger partial charge < -0.3 is 4.74 Å². The van der Waals surface area contributed by atoms with Crippen molar-refractivity contribution in [3.63, 3.8) is 0 Å². The standard InChI is InChI=1S/C7H7ClN2O2/c1-12-7(11)6-9-3-2-5(4-8)10-6/h2-3H,4H2,1H3. The summed E-state index contributed by atoms with van der Waals surface area (Å²) in [4.78, 5) is 18.4. The maximum atomic E-state index is 10.9. The summed E-state index contributed by atoms with van der Waals surface area (Å²) in [5.41, 5.74) is 0.604. The number of carbonyl (C=O) groups is 1. The zero-order valence-corrected chi connectivity index (χ0v) is 7.21. The van der Waals surface area contributed by atoms with Gasteiger partial charge in [0.1, 0.15) is 0 Å². The molecule has 0 amide bonds. The Kier molecular flexibility index (Phi) is 2.99. The van der Waals surface area contributed by atoms with Crippen LogP contribution in [0.2, 0.25) is 0 Å². The molecule has 12 heavy (non-hydrogen) atoms. The number of halogens is 1. The van der Waals surface area contributed by atoms with Gasteiger partial charge in [-0.25, -0.2) is 14.8 Å². The molecule has 0 radical (unpaired) electrons. The maximum absolute atomic E-state index is 10.9. The highest BCUT2D eigenvalue weighted by molar-refractivity contribution is 6.16. The molecule has 0 atom stereocenters. The van der Waals surface area contributed by atoms with E-state index in [2.05, 4.69) is 14.7 Å². The van der Waals surface area contributed by atoms with Crippen molar-refractivity contribution < 1.29 is 9.53 Å². The van der Waals surface area contributed by atoms with Gasteiger partial charge in [0.25, 0.3) is 0 Å². The van der Waals surface area contributed by atoms with Crippen LogP contribution in [0.25, 0.3) is 0 Å². The molecule has 0 saturated heterocycles. The molecule has 1 aromatic heterocycles. The summed E-state index contributed by atoms with van der Waals surface area (Å²) in [5.74, 6) is -0.260. The zero-order chi connectivity index (χ0) is 8.97. The molecule has 0 aromatic carbocycles. The number of esters is 1. The van der Waals surface area contributed by atoms with Gasteiger partial charge in [0.2, 0.25) is 5.82 Å². The smallest absolute Gasteiger partial charge is 0.376 e. The van der Waals surface area contributed by atoms with Crippen molar-refractivity contribution in [2.45, 2.75) is 5.88 Å². The molecule has 0 aliphatic rings. The largest absolute Gasteiger partial charge is 0.463 e. The predicted octanol–water partition coefficient (Wildman–Crippen LogP) is 1.00. The number of hydrogen-bond donors (Lipinski definition) is 0. The Labute approximate surface area is 74.5 Å². The monoisotopic (exact) mass is 186 g/mol. The van der Waals surface area contributed by atoms with E-state index in [1.807, 2.05) is 0 Å². The van der Waals surface area contributed by atoms with Crippen LogP contribution >= 0.6 is 11.6 Å². The number of alkyl halides is 1. The van der Waals surface area contributed by atoms with Crippen LogP contribution in [0.5, 0.6) is 0 Å². The Bertz CT molecular complexity index is 290. The van der Waals surface area contributed by atoms with E-state index in [1.165, 1.54) is 13.3 Å². The second-order valence-corrected chi connectivity index (χ2v) is 2.26. The molecule has 0 saturated carbocycles. The number of aromatic nitrogens is 2. The summed E-state index contributed by atoms with van der Waals surface area (Å²) in [5, 5.41) is 0. The quantitative estimate of drug-likeness (QED) is 0.511. The van der Waals surface area contributed by atoms with Gasteiger partial charge in [0, 0.05) is 6.20 Å². The van der Waals surface area contributed by atoms with Gasteiger partial charge in [-0.3, -0.25) is 0 Å². The molecule has 0 bridgehead atoms. The molecule has 0 unspecified atom stereocenters. The summed E-state index contributed by atoms with van der Waals surface area (Å²) in [6.45, 7) is 0. The fraction of sp³-hybridized carbons (Fsp3) is 0.286. The number of ether oxygens (including phenoxy) is 1. The minimum Gasteiger partial charge on any atom is -0.463 e. The van der Waals surface area contributed by atoms with Crippen molar-refractivity contribution in [3.8, 4) is 0 Å². The maximum Gasteiger partial charge on any atom is 0.376 e. The minimum atomic E-state index is -0.554. The van der Waals surface area contributed by atoms with Crippen molar-refractivity contribution in [1.29, 1.82) is 0 Å². The molecule has 1 heterocycles. The number of nitrogens with zero attached hydrogens (tertiary/aromatic N) is 2. The first-order valence-electron chi connectivity index (χ1n) is 3.24. The van der Waals surface area contributed by atoms with E-state index in [0.29, 0.717) is 5.69 Å². The molecule has 0 spiro atoms. The molecule has 0 aliphatic carbocycles. The zero-order valence-electron chi connectivity index (χ0n) is 6.45.